The van der Waals surface area contributed by atoms with Gasteiger partial charge in [-0.15, -0.1) is 0 Å². The molecule has 0 aliphatic carbocycles. The molecule has 0 saturated heterocycles. The first-order chi connectivity index (χ1) is 6.08. The van der Waals surface area contributed by atoms with E-state index in [1.54, 1.807) is 0 Å². The van der Waals surface area contributed by atoms with Crippen molar-refractivity contribution in [1.82, 2.24) is 15.0 Å². The highest BCUT2D eigenvalue weighted by atomic mass is 19.3. The third-order valence-corrected chi connectivity index (χ3v) is 1.65. The van der Waals surface area contributed by atoms with Crippen LogP contribution in [0.3, 0.4) is 0 Å². The molecule has 0 fully saturated rings. The fourth-order valence-corrected chi connectivity index (χ4v) is 1.01. The number of hydrogen-bond acceptors (Lipinski definition) is 2. The van der Waals surface area contributed by atoms with E-state index in [-0.39, 0.29) is 6.42 Å². The van der Waals surface area contributed by atoms with Crippen LogP contribution in [-0.2, 0) is 6.54 Å². The molecule has 0 amide bonds. The number of halogens is 2. The van der Waals surface area contributed by atoms with Crippen LogP contribution in [0, 0.1) is 6.20 Å². The van der Waals surface area contributed by atoms with Crippen LogP contribution in [0.1, 0.15) is 26.2 Å². The van der Waals surface area contributed by atoms with Crippen LogP contribution < -0.4 is 0 Å². The Bertz CT molecular complexity index is 228. The molecular weight excluding hydrogens is 176 g/mol. The van der Waals surface area contributed by atoms with E-state index in [9.17, 15) is 8.78 Å². The maximum atomic E-state index is 12.3. The summed E-state index contributed by atoms with van der Waals surface area (Å²) >= 11 is 0. The molecule has 0 atom stereocenters. The number of hydrogen-bond donors (Lipinski definition) is 0. The number of aryl methyl sites for hydroxylation is 1. The Labute approximate surface area is 75.7 Å². The molecule has 73 valence electrons. The van der Waals surface area contributed by atoms with Crippen molar-refractivity contribution in [2.75, 3.05) is 0 Å². The molecule has 1 radical (unpaired) electrons. The first-order valence-corrected chi connectivity index (χ1v) is 4.22. The van der Waals surface area contributed by atoms with Gasteiger partial charge >= 0.3 is 0 Å². The second-order valence-corrected chi connectivity index (χ2v) is 3.10. The van der Waals surface area contributed by atoms with Crippen molar-refractivity contribution in [3.8, 4) is 0 Å². The highest BCUT2D eigenvalue weighted by Crippen LogP contribution is 2.19. The third kappa shape index (κ3) is 4.55. The van der Waals surface area contributed by atoms with E-state index >= 15 is 0 Å². The van der Waals surface area contributed by atoms with Gasteiger partial charge in [-0.3, -0.25) is 0 Å². The molecule has 0 aliphatic heterocycles. The van der Waals surface area contributed by atoms with Crippen molar-refractivity contribution in [3.05, 3.63) is 12.4 Å². The van der Waals surface area contributed by atoms with Crippen LogP contribution in [-0.4, -0.2) is 20.9 Å². The topological polar surface area (TPSA) is 30.7 Å². The lowest BCUT2D eigenvalue weighted by Gasteiger charge is -2.08. The Hall–Kier alpha value is -1.00. The van der Waals surface area contributed by atoms with E-state index in [1.807, 2.05) is 0 Å². The summed E-state index contributed by atoms with van der Waals surface area (Å²) in [5, 5.41) is 7.56. The lowest BCUT2D eigenvalue weighted by atomic mass is 10.1. The smallest absolute Gasteiger partial charge is 0.207 e. The average Bonchev–Trinajstić information content (AvgIpc) is 2.48. The first-order valence-electron chi connectivity index (χ1n) is 4.22. The van der Waals surface area contributed by atoms with Gasteiger partial charge in [0.15, 0.2) is 0 Å². The Morgan fingerprint density at radius 2 is 2.23 bits per heavy atom. The summed E-state index contributed by atoms with van der Waals surface area (Å²) < 4.78 is 24.7. The first kappa shape index (κ1) is 10.1. The SMILES string of the molecule is CC(F)(F)CCCCn1n[c]cn1. The molecule has 1 heterocycles. The summed E-state index contributed by atoms with van der Waals surface area (Å²) in [7, 11) is 0. The van der Waals surface area contributed by atoms with Crippen molar-refractivity contribution in [1.29, 1.82) is 0 Å². The fourth-order valence-electron chi connectivity index (χ4n) is 1.01. The van der Waals surface area contributed by atoms with E-state index in [0.29, 0.717) is 19.4 Å². The molecule has 1 aromatic rings. The second-order valence-electron chi connectivity index (χ2n) is 3.10. The predicted molar refractivity (Wildman–Crippen MR) is 43.3 cm³/mol. The van der Waals surface area contributed by atoms with E-state index in [2.05, 4.69) is 16.4 Å². The summed E-state index contributed by atoms with van der Waals surface area (Å²) in [5.41, 5.74) is 0. The summed E-state index contributed by atoms with van der Waals surface area (Å²) in [6.07, 6.45) is 5.09. The van der Waals surface area contributed by atoms with E-state index in [1.165, 1.54) is 11.0 Å². The molecule has 13 heavy (non-hydrogen) atoms. The number of nitrogens with zero attached hydrogens (tertiary/aromatic N) is 3. The second kappa shape index (κ2) is 4.30. The zero-order valence-corrected chi connectivity index (χ0v) is 7.50. The van der Waals surface area contributed by atoms with Crippen LogP contribution in [0.5, 0.6) is 0 Å². The Kier molecular flexibility index (Phi) is 3.33. The summed E-state index contributed by atoms with van der Waals surface area (Å²) in [5.74, 6) is -2.55. The molecule has 1 aromatic heterocycles. The molecular formula is C8H12F2N3. The molecule has 5 heteroatoms. The van der Waals surface area contributed by atoms with Crippen molar-refractivity contribution in [2.45, 2.75) is 38.7 Å². The van der Waals surface area contributed by atoms with Crippen LogP contribution in [0.15, 0.2) is 6.20 Å². The molecule has 1 rings (SSSR count). The monoisotopic (exact) mass is 188 g/mol. The summed E-state index contributed by atoms with van der Waals surface area (Å²) in [6, 6.07) is 0. The Morgan fingerprint density at radius 3 is 2.77 bits per heavy atom. The normalized spacial score (nSPS) is 11.9. The fraction of sp³-hybridized carbons (Fsp3) is 0.750. The number of aromatic nitrogens is 3. The zero-order valence-electron chi connectivity index (χ0n) is 7.50. The lowest BCUT2D eigenvalue weighted by Crippen LogP contribution is -2.10. The van der Waals surface area contributed by atoms with E-state index in [4.69, 9.17) is 0 Å². The molecule has 0 unspecified atom stereocenters. The predicted octanol–water partition coefficient (Wildman–Crippen LogP) is 1.90. The van der Waals surface area contributed by atoms with Gasteiger partial charge in [0.05, 0.1) is 12.7 Å². The van der Waals surface area contributed by atoms with Gasteiger partial charge in [-0.1, -0.05) is 0 Å². The van der Waals surface area contributed by atoms with Gasteiger partial charge in [-0.05, 0) is 19.8 Å². The minimum absolute atomic E-state index is 0.0714. The molecule has 0 aromatic carbocycles. The molecule has 0 N–H and O–H groups in total. The highest BCUT2D eigenvalue weighted by molar-refractivity contribution is 4.59. The average molecular weight is 188 g/mol. The molecule has 0 aliphatic rings. The molecule has 0 spiro atoms. The van der Waals surface area contributed by atoms with Gasteiger partial charge in [0.2, 0.25) is 5.92 Å². The summed E-state index contributed by atoms with van der Waals surface area (Å²) in [6.45, 7) is 1.52. The maximum Gasteiger partial charge on any atom is 0.245 e. The van der Waals surface area contributed by atoms with Crippen LogP contribution in [0.2, 0.25) is 0 Å². The van der Waals surface area contributed by atoms with Gasteiger partial charge < -0.3 is 0 Å². The van der Waals surface area contributed by atoms with E-state index in [0.717, 1.165) is 6.92 Å². The third-order valence-electron chi connectivity index (χ3n) is 1.65. The van der Waals surface area contributed by atoms with Gasteiger partial charge in [0, 0.05) is 6.42 Å². The van der Waals surface area contributed by atoms with Gasteiger partial charge in [-0.2, -0.15) is 15.0 Å². The summed E-state index contributed by atoms with van der Waals surface area (Å²) in [4.78, 5) is 1.45. The number of alkyl halides is 2. The van der Waals surface area contributed by atoms with Crippen LogP contribution >= 0.6 is 0 Å². The zero-order chi connectivity index (χ0) is 9.73. The minimum atomic E-state index is -2.55. The maximum absolute atomic E-state index is 12.3. The van der Waals surface area contributed by atoms with Crippen molar-refractivity contribution >= 4 is 0 Å². The van der Waals surface area contributed by atoms with E-state index < -0.39 is 5.92 Å². The van der Waals surface area contributed by atoms with Crippen molar-refractivity contribution in [3.63, 3.8) is 0 Å². The van der Waals surface area contributed by atoms with Crippen molar-refractivity contribution in [2.24, 2.45) is 0 Å². The Morgan fingerprint density at radius 1 is 1.46 bits per heavy atom. The minimum Gasteiger partial charge on any atom is -0.207 e. The quantitative estimate of drug-likeness (QED) is 0.661. The molecule has 0 bridgehead atoms. The molecule has 0 saturated carbocycles. The Balaban J connectivity index is 2.09. The van der Waals surface area contributed by atoms with Crippen molar-refractivity contribution < 1.29 is 8.78 Å². The number of rotatable bonds is 5. The highest BCUT2D eigenvalue weighted by Gasteiger charge is 2.19. The van der Waals surface area contributed by atoms with Gasteiger partial charge in [0.1, 0.15) is 6.20 Å². The number of unbranched alkanes of at least 4 members (excludes halogenated alkanes) is 1. The lowest BCUT2D eigenvalue weighted by molar-refractivity contribution is 0.0101. The largest absolute Gasteiger partial charge is 0.245 e. The van der Waals surface area contributed by atoms with Gasteiger partial charge in [0.25, 0.3) is 0 Å². The van der Waals surface area contributed by atoms with Gasteiger partial charge in [-0.25, -0.2) is 8.78 Å². The molecule has 3 nitrogen and oxygen atoms in total. The van der Waals surface area contributed by atoms with Crippen LogP contribution in [0.25, 0.3) is 0 Å². The van der Waals surface area contributed by atoms with Crippen LogP contribution in [0.4, 0.5) is 8.78 Å². The standard InChI is InChI=1S/C8H12F2N3/c1-8(9,10)4-2-3-7-13-11-5-6-12-13/h5H,2-4,7H2,1H3.